The molecule has 0 saturated heterocycles. The van der Waals surface area contributed by atoms with Crippen LogP contribution >= 0.6 is 0 Å². The van der Waals surface area contributed by atoms with Crippen LogP contribution in [0, 0.1) is 12.8 Å². The molecule has 90 valence electrons. The molecule has 0 amide bonds. The Kier molecular flexibility index (Phi) is 3.18. The highest BCUT2D eigenvalue weighted by atomic mass is 16.5. The van der Waals surface area contributed by atoms with E-state index in [1.54, 1.807) is 0 Å². The second kappa shape index (κ2) is 4.62. The number of fused-ring (bicyclic) bond motifs is 1. The van der Waals surface area contributed by atoms with Crippen LogP contribution in [0.15, 0.2) is 24.3 Å². The minimum Gasteiger partial charge on any atom is -0.462 e. The van der Waals surface area contributed by atoms with Gasteiger partial charge in [-0.3, -0.25) is 0 Å². The van der Waals surface area contributed by atoms with Gasteiger partial charge >= 0.3 is 5.97 Å². The third-order valence-electron chi connectivity index (χ3n) is 2.65. The normalized spacial score (nSPS) is 11.1. The van der Waals surface area contributed by atoms with Gasteiger partial charge in [-0.15, -0.1) is 0 Å². The number of ether oxygens (including phenoxy) is 1. The van der Waals surface area contributed by atoms with Gasteiger partial charge in [0.1, 0.15) is 0 Å². The zero-order chi connectivity index (χ0) is 12.4. The third-order valence-corrected chi connectivity index (χ3v) is 2.65. The fraction of sp³-hybridized carbons (Fsp3) is 0.357. The molecule has 0 fully saturated rings. The van der Waals surface area contributed by atoms with Crippen LogP contribution in [0.2, 0.25) is 0 Å². The molecule has 2 rings (SSSR count). The lowest BCUT2D eigenvalue weighted by Gasteiger charge is -2.07. The van der Waals surface area contributed by atoms with E-state index in [0.29, 0.717) is 18.1 Å². The second-order valence-corrected chi connectivity index (χ2v) is 4.66. The van der Waals surface area contributed by atoms with E-state index in [1.807, 2.05) is 45.0 Å². The van der Waals surface area contributed by atoms with Gasteiger partial charge in [0.15, 0.2) is 0 Å². The van der Waals surface area contributed by atoms with Crippen LogP contribution in [-0.2, 0) is 4.74 Å². The van der Waals surface area contributed by atoms with Crippen LogP contribution in [0.4, 0.5) is 0 Å². The predicted octanol–water partition coefficient (Wildman–Crippen LogP) is 3.29. The number of esters is 1. The molecule has 0 radical (unpaired) electrons. The molecule has 0 aliphatic carbocycles. The first kappa shape index (κ1) is 11.7. The maximum atomic E-state index is 12.0. The first-order valence-corrected chi connectivity index (χ1v) is 5.84. The number of H-pyrrole nitrogens is 1. The molecule has 1 aromatic heterocycles. The zero-order valence-electron chi connectivity index (χ0n) is 10.4. The average molecular weight is 231 g/mol. The van der Waals surface area contributed by atoms with Gasteiger partial charge in [0.05, 0.1) is 12.2 Å². The van der Waals surface area contributed by atoms with Gasteiger partial charge in [0, 0.05) is 16.6 Å². The van der Waals surface area contributed by atoms with Gasteiger partial charge in [-0.2, -0.15) is 0 Å². The molecule has 17 heavy (non-hydrogen) atoms. The quantitative estimate of drug-likeness (QED) is 0.823. The summed E-state index contributed by atoms with van der Waals surface area (Å²) in [5, 5.41) is 0.929. The Hall–Kier alpha value is -1.77. The van der Waals surface area contributed by atoms with Crippen molar-refractivity contribution in [3.63, 3.8) is 0 Å². The Labute approximate surface area is 101 Å². The lowest BCUT2D eigenvalue weighted by atomic mass is 10.1. The first-order valence-electron chi connectivity index (χ1n) is 5.84. The van der Waals surface area contributed by atoms with E-state index in [-0.39, 0.29) is 5.97 Å². The van der Waals surface area contributed by atoms with Crippen LogP contribution in [0.3, 0.4) is 0 Å². The number of para-hydroxylation sites is 1. The minimum atomic E-state index is -0.242. The SMILES string of the molecule is Cc1[nH]c2ccccc2c1C(=O)OCC(C)C. The van der Waals surface area contributed by atoms with Crippen LogP contribution in [0.5, 0.6) is 0 Å². The summed E-state index contributed by atoms with van der Waals surface area (Å²) in [6.45, 7) is 6.40. The number of carbonyl (C=O) groups excluding carboxylic acids is 1. The lowest BCUT2D eigenvalue weighted by Crippen LogP contribution is -2.10. The summed E-state index contributed by atoms with van der Waals surface area (Å²) in [6, 6.07) is 7.77. The van der Waals surface area contributed by atoms with E-state index in [2.05, 4.69) is 4.98 Å². The molecule has 0 aliphatic heterocycles. The molecule has 1 heterocycles. The molecule has 0 unspecified atom stereocenters. The van der Waals surface area contributed by atoms with Crippen molar-refractivity contribution in [3.8, 4) is 0 Å². The third kappa shape index (κ3) is 2.33. The fourth-order valence-corrected chi connectivity index (χ4v) is 1.85. The van der Waals surface area contributed by atoms with Crippen molar-refractivity contribution in [2.75, 3.05) is 6.61 Å². The van der Waals surface area contributed by atoms with Crippen molar-refractivity contribution in [1.29, 1.82) is 0 Å². The summed E-state index contributed by atoms with van der Waals surface area (Å²) >= 11 is 0. The number of carbonyl (C=O) groups is 1. The molecule has 0 saturated carbocycles. The average Bonchev–Trinajstić information content (AvgIpc) is 2.61. The number of aryl methyl sites for hydroxylation is 1. The Balaban J connectivity index is 2.34. The standard InChI is InChI=1S/C14H17NO2/c1-9(2)8-17-14(16)13-10(3)15-12-7-5-4-6-11(12)13/h4-7,9,15H,8H2,1-3H3. The predicted molar refractivity (Wildman–Crippen MR) is 68.2 cm³/mol. The molecular formula is C14H17NO2. The lowest BCUT2D eigenvalue weighted by molar-refractivity contribution is 0.0460. The smallest absolute Gasteiger partial charge is 0.340 e. The van der Waals surface area contributed by atoms with E-state index in [1.165, 1.54) is 0 Å². The maximum absolute atomic E-state index is 12.0. The Bertz CT molecular complexity index is 540. The van der Waals surface area contributed by atoms with E-state index < -0.39 is 0 Å². The summed E-state index contributed by atoms with van der Waals surface area (Å²) in [5.41, 5.74) is 2.49. The monoisotopic (exact) mass is 231 g/mol. The highest BCUT2D eigenvalue weighted by molar-refractivity contribution is 6.05. The molecule has 3 heteroatoms. The van der Waals surface area contributed by atoms with Crippen molar-refractivity contribution in [2.45, 2.75) is 20.8 Å². The summed E-state index contributed by atoms with van der Waals surface area (Å²) in [5.74, 6) is 0.109. The van der Waals surface area contributed by atoms with E-state index >= 15 is 0 Å². The van der Waals surface area contributed by atoms with Gasteiger partial charge < -0.3 is 9.72 Å². The molecule has 0 spiro atoms. The molecule has 1 N–H and O–H groups in total. The number of aromatic amines is 1. The van der Waals surface area contributed by atoms with Crippen molar-refractivity contribution < 1.29 is 9.53 Å². The van der Waals surface area contributed by atoms with Gasteiger partial charge in [0.25, 0.3) is 0 Å². The van der Waals surface area contributed by atoms with Crippen molar-refractivity contribution in [2.24, 2.45) is 5.92 Å². The molecule has 0 atom stereocenters. The first-order chi connectivity index (χ1) is 8.09. The maximum Gasteiger partial charge on any atom is 0.340 e. The van der Waals surface area contributed by atoms with Gasteiger partial charge in [-0.05, 0) is 18.9 Å². The minimum absolute atomic E-state index is 0.242. The van der Waals surface area contributed by atoms with Crippen LogP contribution in [0.1, 0.15) is 29.9 Å². The van der Waals surface area contributed by atoms with Crippen molar-refractivity contribution in [1.82, 2.24) is 4.98 Å². The molecule has 0 bridgehead atoms. The number of rotatable bonds is 3. The largest absolute Gasteiger partial charge is 0.462 e. The van der Waals surface area contributed by atoms with Crippen LogP contribution in [0.25, 0.3) is 10.9 Å². The topological polar surface area (TPSA) is 42.1 Å². The number of hydrogen-bond acceptors (Lipinski definition) is 2. The summed E-state index contributed by atoms with van der Waals surface area (Å²) in [4.78, 5) is 15.2. The molecule has 1 aromatic carbocycles. The van der Waals surface area contributed by atoms with E-state index in [0.717, 1.165) is 16.6 Å². The van der Waals surface area contributed by atoms with E-state index in [9.17, 15) is 4.79 Å². The Morgan fingerprint density at radius 2 is 2.06 bits per heavy atom. The summed E-state index contributed by atoms with van der Waals surface area (Å²) < 4.78 is 5.28. The molecular weight excluding hydrogens is 214 g/mol. The number of hydrogen-bond donors (Lipinski definition) is 1. The number of aromatic nitrogens is 1. The van der Waals surface area contributed by atoms with Crippen LogP contribution < -0.4 is 0 Å². The van der Waals surface area contributed by atoms with Gasteiger partial charge in [0.2, 0.25) is 0 Å². The number of benzene rings is 1. The van der Waals surface area contributed by atoms with Crippen LogP contribution in [-0.4, -0.2) is 17.6 Å². The van der Waals surface area contributed by atoms with Gasteiger partial charge in [-0.1, -0.05) is 32.0 Å². The van der Waals surface area contributed by atoms with Gasteiger partial charge in [-0.25, -0.2) is 4.79 Å². The second-order valence-electron chi connectivity index (χ2n) is 4.66. The zero-order valence-corrected chi connectivity index (χ0v) is 10.4. The molecule has 0 aliphatic rings. The summed E-state index contributed by atoms with van der Waals surface area (Å²) in [6.07, 6.45) is 0. The fourth-order valence-electron chi connectivity index (χ4n) is 1.85. The highest BCUT2D eigenvalue weighted by Crippen LogP contribution is 2.22. The number of nitrogens with one attached hydrogen (secondary N) is 1. The molecule has 3 nitrogen and oxygen atoms in total. The van der Waals surface area contributed by atoms with E-state index in [4.69, 9.17) is 4.74 Å². The Morgan fingerprint density at radius 1 is 1.35 bits per heavy atom. The molecule has 2 aromatic rings. The summed E-state index contributed by atoms with van der Waals surface area (Å²) in [7, 11) is 0. The highest BCUT2D eigenvalue weighted by Gasteiger charge is 2.17. The Morgan fingerprint density at radius 3 is 2.76 bits per heavy atom. The van der Waals surface area contributed by atoms with Crippen molar-refractivity contribution >= 4 is 16.9 Å². The van der Waals surface area contributed by atoms with Crippen molar-refractivity contribution in [3.05, 3.63) is 35.5 Å².